The SMILES string of the molecule is CCCc1ccccc1Nc1cc(C(N)=S)ccn1. The Labute approximate surface area is 118 Å². The molecule has 0 aliphatic carbocycles. The third-order valence-electron chi connectivity index (χ3n) is 2.84. The van der Waals surface area contributed by atoms with Crippen molar-refractivity contribution in [3.05, 3.63) is 53.7 Å². The van der Waals surface area contributed by atoms with Crippen LogP contribution in [0.5, 0.6) is 0 Å². The second-order valence-electron chi connectivity index (χ2n) is 4.33. The highest BCUT2D eigenvalue weighted by Gasteiger charge is 2.03. The highest BCUT2D eigenvalue weighted by molar-refractivity contribution is 7.80. The molecule has 0 bridgehead atoms. The second-order valence-corrected chi connectivity index (χ2v) is 4.77. The van der Waals surface area contributed by atoms with Crippen molar-refractivity contribution in [3.63, 3.8) is 0 Å². The number of aryl methyl sites for hydroxylation is 1. The van der Waals surface area contributed by atoms with Crippen molar-refractivity contribution >= 4 is 28.7 Å². The molecule has 0 radical (unpaired) electrons. The summed E-state index contributed by atoms with van der Waals surface area (Å²) in [7, 11) is 0. The minimum absolute atomic E-state index is 0.382. The smallest absolute Gasteiger partial charge is 0.130 e. The lowest BCUT2D eigenvalue weighted by Crippen LogP contribution is -2.10. The standard InChI is InChI=1S/C15H17N3S/c1-2-5-11-6-3-4-7-13(11)18-14-10-12(15(16)19)8-9-17-14/h3-4,6-10H,2,5H2,1H3,(H2,16,19)(H,17,18). The van der Waals surface area contributed by atoms with Crippen LogP contribution in [-0.2, 0) is 6.42 Å². The largest absolute Gasteiger partial charge is 0.389 e. The average molecular weight is 271 g/mol. The van der Waals surface area contributed by atoms with Gasteiger partial charge >= 0.3 is 0 Å². The van der Waals surface area contributed by atoms with Gasteiger partial charge in [-0.05, 0) is 30.2 Å². The van der Waals surface area contributed by atoms with E-state index in [0.717, 1.165) is 29.9 Å². The lowest BCUT2D eigenvalue weighted by molar-refractivity contribution is 0.923. The maximum Gasteiger partial charge on any atom is 0.130 e. The Kier molecular flexibility index (Phi) is 4.47. The van der Waals surface area contributed by atoms with Crippen molar-refractivity contribution in [1.29, 1.82) is 0 Å². The fourth-order valence-corrected chi connectivity index (χ4v) is 2.05. The minimum Gasteiger partial charge on any atom is -0.389 e. The third kappa shape index (κ3) is 3.51. The highest BCUT2D eigenvalue weighted by Crippen LogP contribution is 2.21. The van der Waals surface area contributed by atoms with Gasteiger partial charge in [0.15, 0.2) is 0 Å². The zero-order valence-electron chi connectivity index (χ0n) is 10.9. The van der Waals surface area contributed by atoms with Crippen LogP contribution in [0.15, 0.2) is 42.6 Å². The summed E-state index contributed by atoms with van der Waals surface area (Å²) in [5, 5.41) is 3.33. The number of nitrogens with two attached hydrogens (primary N) is 1. The van der Waals surface area contributed by atoms with E-state index >= 15 is 0 Å². The number of nitrogens with one attached hydrogen (secondary N) is 1. The van der Waals surface area contributed by atoms with Gasteiger partial charge in [0.2, 0.25) is 0 Å². The topological polar surface area (TPSA) is 50.9 Å². The summed E-state index contributed by atoms with van der Waals surface area (Å²) < 4.78 is 0. The number of pyridine rings is 1. The summed E-state index contributed by atoms with van der Waals surface area (Å²) >= 11 is 4.98. The molecule has 0 fully saturated rings. The normalized spacial score (nSPS) is 10.2. The fourth-order valence-electron chi connectivity index (χ4n) is 1.92. The maximum absolute atomic E-state index is 5.63. The lowest BCUT2D eigenvalue weighted by atomic mass is 10.1. The molecule has 2 rings (SSSR count). The number of anilines is 2. The predicted octanol–water partition coefficient (Wildman–Crippen LogP) is 3.41. The third-order valence-corrected chi connectivity index (χ3v) is 3.08. The zero-order valence-corrected chi connectivity index (χ0v) is 11.7. The second kappa shape index (κ2) is 6.29. The van der Waals surface area contributed by atoms with Gasteiger partial charge in [0, 0.05) is 17.4 Å². The first kappa shape index (κ1) is 13.5. The monoisotopic (exact) mass is 271 g/mol. The van der Waals surface area contributed by atoms with Gasteiger partial charge < -0.3 is 11.1 Å². The van der Waals surface area contributed by atoms with Gasteiger partial charge in [-0.25, -0.2) is 4.98 Å². The van der Waals surface area contributed by atoms with Gasteiger partial charge in [0.05, 0.1) is 0 Å². The number of para-hydroxylation sites is 1. The van der Waals surface area contributed by atoms with Crippen LogP contribution in [0.2, 0.25) is 0 Å². The van der Waals surface area contributed by atoms with Crippen LogP contribution >= 0.6 is 12.2 Å². The van der Waals surface area contributed by atoms with Crippen molar-refractivity contribution in [2.24, 2.45) is 5.73 Å². The van der Waals surface area contributed by atoms with Gasteiger partial charge in [-0.1, -0.05) is 43.8 Å². The Hall–Kier alpha value is -1.94. The van der Waals surface area contributed by atoms with Gasteiger partial charge in [0.25, 0.3) is 0 Å². The first-order valence-corrected chi connectivity index (χ1v) is 6.72. The summed E-state index contributed by atoms with van der Waals surface area (Å²) in [4.78, 5) is 4.67. The molecule has 1 aromatic heterocycles. The predicted molar refractivity (Wildman–Crippen MR) is 83.8 cm³/mol. The summed E-state index contributed by atoms with van der Waals surface area (Å²) in [5.41, 5.74) is 8.81. The summed E-state index contributed by atoms with van der Waals surface area (Å²) in [6.07, 6.45) is 3.86. The Morgan fingerprint density at radius 1 is 1.32 bits per heavy atom. The zero-order chi connectivity index (χ0) is 13.7. The minimum atomic E-state index is 0.382. The van der Waals surface area contributed by atoms with Crippen molar-refractivity contribution in [2.75, 3.05) is 5.32 Å². The Balaban J connectivity index is 2.26. The molecule has 0 unspecified atom stereocenters. The van der Waals surface area contributed by atoms with Gasteiger partial charge in [0.1, 0.15) is 10.8 Å². The number of hydrogen-bond acceptors (Lipinski definition) is 3. The Morgan fingerprint density at radius 3 is 2.84 bits per heavy atom. The van der Waals surface area contributed by atoms with Crippen LogP contribution in [0.1, 0.15) is 24.5 Å². The number of rotatable bonds is 5. The molecule has 3 nitrogen and oxygen atoms in total. The first-order valence-electron chi connectivity index (χ1n) is 6.31. The van der Waals surface area contributed by atoms with Crippen molar-refractivity contribution in [3.8, 4) is 0 Å². The Morgan fingerprint density at radius 2 is 2.11 bits per heavy atom. The van der Waals surface area contributed by atoms with Crippen LogP contribution in [0.25, 0.3) is 0 Å². The molecule has 19 heavy (non-hydrogen) atoms. The number of hydrogen-bond donors (Lipinski definition) is 2. The van der Waals surface area contributed by atoms with Crippen LogP contribution < -0.4 is 11.1 Å². The highest BCUT2D eigenvalue weighted by atomic mass is 32.1. The summed E-state index contributed by atoms with van der Waals surface area (Å²) in [6.45, 7) is 2.17. The van der Waals surface area contributed by atoms with Crippen molar-refractivity contribution in [2.45, 2.75) is 19.8 Å². The molecule has 3 N–H and O–H groups in total. The Bertz CT molecular complexity index is 581. The summed E-state index contributed by atoms with van der Waals surface area (Å²) in [5.74, 6) is 0.758. The maximum atomic E-state index is 5.63. The molecular weight excluding hydrogens is 254 g/mol. The van der Waals surface area contributed by atoms with Crippen LogP contribution in [0, 0.1) is 0 Å². The number of aromatic nitrogens is 1. The number of nitrogens with zero attached hydrogens (tertiary/aromatic N) is 1. The van der Waals surface area contributed by atoms with Crippen LogP contribution in [-0.4, -0.2) is 9.97 Å². The van der Waals surface area contributed by atoms with E-state index < -0.39 is 0 Å². The molecule has 0 aliphatic heterocycles. The van der Waals surface area contributed by atoms with E-state index in [-0.39, 0.29) is 0 Å². The molecule has 0 spiro atoms. The molecular formula is C15H17N3S. The molecule has 0 aliphatic rings. The molecule has 1 aromatic carbocycles. The molecule has 98 valence electrons. The van der Waals surface area contributed by atoms with Crippen LogP contribution in [0.3, 0.4) is 0 Å². The van der Waals surface area contributed by atoms with E-state index in [1.807, 2.05) is 18.2 Å². The molecule has 0 atom stereocenters. The quantitative estimate of drug-likeness (QED) is 0.818. The van der Waals surface area contributed by atoms with E-state index in [1.165, 1.54) is 5.56 Å². The van der Waals surface area contributed by atoms with Gasteiger partial charge in [-0.2, -0.15) is 0 Å². The van der Waals surface area contributed by atoms with E-state index in [4.69, 9.17) is 18.0 Å². The van der Waals surface area contributed by atoms with Gasteiger partial charge in [-0.3, -0.25) is 0 Å². The van der Waals surface area contributed by atoms with E-state index in [0.29, 0.717) is 4.99 Å². The molecule has 0 saturated heterocycles. The van der Waals surface area contributed by atoms with Crippen molar-refractivity contribution in [1.82, 2.24) is 4.98 Å². The number of benzene rings is 1. The van der Waals surface area contributed by atoms with E-state index in [2.05, 4.69) is 35.4 Å². The van der Waals surface area contributed by atoms with Gasteiger partial charge in [-0.15, -0.1) is 0 Å². The summed E-state index contributed by atoms with van der Waals surface area (Å²) in [6, 6.07) is 11.9. The molecule has 2 aromatic rings. The average Bonchev–Trinajstić information content (AvgIpc) is 2.41. The molecule has 0 saturated carbocycles. The van der Waals surface area contributed by atoms with Crippen molar-refractivity contribution < 1.29 is 0 Å². The first-order chi connectivity index (χ1) is 9.20. The fraction of sp³-hybridized carbons (Fsp3) is 0.200. The van der Waals surface area contributed by atoms with Crippen LogP contribution in [0.4, 0.5) is 11.5 Å². The molecule has 0 amide bonds. The van der Waals surface area contributed by atoms with E-state index in [9.17, 15) is 0 Å². The lowest BCUT2D eigenvalue weighted by Gasteiger charge is -2.11. The van der Waals surface area contributed by atoms with E-state index in [1.54, 1.807) is 6.20 Å². The molecule has 1 heterocycles. The molecule has 4 heteroatoms. The number of thiocarbonyl (C=S) groups is 1.